The van der Waals surface area contributed by atoms with Crippen LogP contribution in [-0.4, -0.2) is 23.7 Å². The molecule has 144 valence electrons. The molecule has 28 heavy (non-hydrogen) atoms. The van der Waals surface area contributed by atoms with Gasteiger partial charge < -0.3 is 9.47 Å². The average molecular weight is 403 g/mol. The molecule has 1 heterocycles. The lowest BCUT2D eigenvalue weighted by molar-refractivity contribution is 0.0595. The maximum absolute atomic E-state index is 14.0. The van der Waals surface area contributed by atoms with Gasteiger partial charge in [0.1, 0.15) is 23.5 Å². The Kier molecular flexibility index (Phi) is 5.79. The second-order valence-corrected chi connectivity index (χ2v) is 6.70. The molecule has 0 amide bonds. The number of methoxy groups -OCH3 is 1. The van der Waals surface area contributed by atoms with Crippen molar-refractivity contribution in [3.63, 3.8) is 0 Å². The average Bonchev–Trinajstić information content (AvgIpc) is 3.18. The fourth-order valence-electron chi connectivity index (χ4n) is 2.51. The normalized spacial score (nSPS) is 11.7. The number of esters is 1. The fourth-order valence-corrected chi connectivity index (χ4v) is 3.23. The minimum absolute atomic E-state index is 0.0201. The Morgan fingerprint density at radius 3 is 2.57 bits per heavy atom. The standard InChI is InChI=1S/C20H15F2NO4S/c1-11(27-14-5-6-15(17(22)8-14)20(25)26-2)19-9-18(23-28-19)12-3-4-13(10-24)16(21)7-12/h3-11H,1-2H3. The highest BCUT2D eigenvalue weighted by Gasteiger charge is 2.17. The highest BCUT2D eigenvalue weighted by atomic mass is 32.1. The summed E-state index contributed by atoms with van der Waals surface area (Å²) in [5.41, 5.74) is 0.877. The number of aldehydes is 1. The van der Waals surface area contributed by atoms with Crippen molar-refractivity contribution < 1.29 is 27.8 Å². The third kappa shape index (κ3) is 4.07. The van der Waals surface area contributed by atoms with E-state index in [4.69, 9.17) is 4.74 Å². The van der Waals surface area contributed by atoms with Gasteiger partial charge in [0.05, 0.1) is 28.8 Å². The van der Waals surface area contributed by atoms with Gasteiger partial charge in [-0.1, -0.05) is 6.07 Å². The summed E-state index contributed by atoms with van der Waals surface area (Å²) >= 11 is 1.17. The van der Waals surface area contributed by atoms with E-state index in [0.717, 1.165) is 10.9 Å². The van der Waals surface area contributed by atoms with E-state index >= 15 is 0 Å². The number of ether oxygens (including phenoxy) is 2. The van der Waals surface area contributed by atoms with Gasteiger partial charge in [-0.2, -0.15) is 4.37 Å². The number of benzene rings is 2. The Morgan fingerprint density at radius 2 is 1.93 bits per heavy atom. The van der Waals surface area contributed by atoms with Gasteiger partial charge in [0.15, 0.2) is 6.29 Å². The van der Waals surface area contributed by atoms with Crippen LogP contribution in [0.1, 0.15) is 38.6 Å². The zero-order chi connectivity index (χ0) is 20.3. The predicted molar refractivity (Wildman–Crippen MR) is 99.7 cm³/mol. The second-order valence-electron chi connectivity index (χ2n) is 5.86. The van der Waals surface area contributed by atoms with Crippen LogP contribution in [0.4, 0.5) is 8.78 Å². The van der Waals surface area contributed by atoms with E-state index in [1.807, 2.05) is 0 Å². The number of hydrogen-bond acceptors (Lipinski definition) is 6. The topological polar surface area (TPSA) is 65.5 Å². The van der Waals surface area contributed by atoms with Gasteiger partial charge in [-0.15, -0.1) is 0 Å². The van der Waals surface area contributed by atoms with Crippen molar-refractivity contribution in [1.29, 1.82) is 0 Å². The minimum Gasteiger partial charge on any atom is -0.485 e. The summed E-state index contributed by atoms with van der Waals surface area (Å²) in [5.74, 6) is -1.88. The molecule has 0 saturated heterocycles. The smallest absolute Gasteiger partial charge is 0.340 e. The van der Waals surface area contributed by atoms with E-state index in [0.29, 0.717) is 17.5 Å². The maximum atomic E-state index is 14.0. The summed E-state index contributed by atoms with van der Waals surface area (Å²) in [7, 11) is 1.17. The number of rotatable bonds is 6. The van der Waals surface area contributed by atoms with Crippen molar-refractivity contribution in [2.24, 2.45) is 0 Å². The molecule has 5 nitrogen and oxygen atoms in total. The molecule has 0 aliphatic rings. The van der Waals surface area contributed by atoms with Crippen LogP contribution in [0.15, 0.2) is 42.5 Å². The minimum atomic E-state index is -0.767. The van der Waals surface area contributed by atoms with E-state index in [1.165, 1.54) is 42.9 Å². The first kappa shape index (κ1) is 19.6. The quantitative estimate of drug-likeness (QED) is 0.436. The Labute approximate surface area is 163 Å². The summed E-state index contributed by atoms with van der Waals surface area (Å²) in [6.45, 7) is 1.76. The molecule has 2 aromatic carbocycles. The molecule has 3 rings (SSSR count). The Hall–Kier alpha value is -3.13. The first-order chi connectivity index (χ1) is 13.4. The molecule has 0 spiro atoms. The zero-order valence-electron chi connectivity index (χ0n) is 14.9. The molecular formula is C20H15F2NO4S. The lowest BCUT2D eigenvalue weighted by Gasteiger charge is -2.13. The van der Waals surface area contributed by atoms with E-state index in [1.54, 1.807) is 19.1 Å². The van der Waals surface area contributed by atoms with Crippen molar-refractivity contribution >= 4 is 23.8 Å². The SMILES string of the molecule is COC(=O)c1ccc(OC(C)c2cc(-c3ccc(C=O)c(F)c3)ns2)cc1F. The van der Waals surface area contributed by atoms with Crippen molar-refractivity contribution in [3.8, 4) is 17.0 Å². The van der Waals surface area contributed by atoms with Gasteiger partial charge in [-0.3, -0.25) is 4.79 Å². The van der Waals surface area contributed by atoms with Crippen molar-refractivity contribution in [1.82, 2.24) is 4.37 Å². The number of nitrogens with zero attached hydrogens (tertiary/aromatic N) is 1. The van der Waals surface area contributed by atoms with Crippen LogP contribution in [-0.2, 0) is 4.74 Å². The number of carbonyl (C=O) groups is 2. The summed E-state index contributed by atoms with van der Waals surface area (Å²) in [6.07, 6.45) is 0.000247. The maximum Gasteiger partial charge on any atom is 0.340 e. The summed E-state index contributed by atoms with van der Waals surface area (Å²) in [4.78, 5) is 22.9. The predicted octanol–water partition coefficient (Wildman–Crippen LogP) is 4.83. The van der Waals surface area contributed by atoms with Gasteiger partial charge in [0.25, 0.3) is 0 Å². The molecule has 0 aliphatic heterocycles. The number of halogens is 2. The van der Waals surface area contributed by atoms with Gasteiger partial charge >= 0.3 is 5.97 Å². The van der Waals surface area contributed by atoms with Crippen LogP contribution >= 0.6 is 11.5 Å². The molecule has 0 aliphatic carbocycles. The van der Waals surface area contributed by atoms with Crippen LogP contribution in [0, 0.1) is 11.6 Å². The number of aromatic nitrogens is 1. The monoisotopic (exact) mass is 403 g/mol. The zero-order valence-corrected chi connectivity index (χ0v) is 15.8. The van der Waals surface area contributed by atoms with Crippen LogP contribution < -0.4 is 4.74 Å². The van der Waals surface area contributed by atoms with Crippen molar-refractivity contribution in [3.05, 3.63) is 70.1 Å². The lowest BCUT2D eigenvalue weighted by atomic mass is 10.1. The first-order valence-corrected chi connectivity index (χ1v) is 8.96. The molecule has 1 unspecified atom stereocenters. The summed E-state index contributed by atoms with van der Waals surface area (Å²) < 4.78 is 42.3. The van der Waals surface area contributed by atoms with Crippen LogP contribution in [0.3, 0.4) is 0 Å². The Morgan fingerprint density at radius 1 is 1.14 bits per heavy atom. The van der Waals surface area contributed by atoms with Crippen LogP contribution in [0.2, 0.25) is 0 Å². The molecule has 3 aromatic rings. The molecule has 0 N–H and O–H groups in total. The van der Waals surface area contributed by atoms with Crippen LogP contribution in [0.25, 0.3) is 11.3 Å². The van der Waals surface area contributed by atoms with Gasteiger partial charge in [0, 0.05) is 11.6 Å². The molecule has 0 bridgehead atoms. The van der Waals surface area contributed by atoms with Gasteiger partial charge in [0.2, 0.25) is 0 Å². The largest absolute Gasteiger partial charge is 0.485 e. The van der Waals surface area contributed by atoms with E-state index in [9.17, 15) is 18.4 Å². The highest BCUT2D eigenvalue weighted by Crippen LogP contribution is 2.30. The first-order valence-electron chi connectivity index (χ1n) is 8.19. The van der Waals surface area contributed by atoms with Crippen LogP contribution in [0.5, 0.6) is 5.75 Å². The molecule has 1 atom stereocenters. The molecular weight excluding hydrogens is 388 g/mol. The fraction of sp³-hybridized carbons (Fsp3) is 0.150. The third-order valence-electron chi connectivity index (χ3n) is 4.01. The summed E-state index contributed by atoms with van der Waals surface area (Å²) in [6, 6.07) is 9.86. The van der Waals surface area contributed by atoms with Crippen molar-refractivity contribution in [2.45, 2.75) is 13.0 Å². The Balaban J connectivity index is 1.76. The number of hydrogen-bond donors (Lipinski definition) is 0. The molecule has 8 heteroatoms. The molecule has 0 saturated carbocycles. The second kappa shape index (κ2) is 8.26. The molecule has 1 aromatic heterocycles. The van der Waals surface area contributed by atoms with Gasteiger partial charge in [-0.05, 0) is 48.8 Å². The number of carbonyl (C=O) groups excluding carboxylic acids is 2. The van der Waals surface area contributed by atoms with Gasteiger partial charge in [-0.25, -0.2) is 13.6 Å². The summed E-state index contributed by atoms with van der Waals surface area (Å²) in [5, 5.41) is 0. The molecule has 0 fully saturated rings. The third-order valence-corrected chi connectivity index (χ3v) is 4.96. The highest BCUT2D eigenvalue weighted by molar-refractivity contribution is 7.06. The van der Waals surface area contributed by atoms with Crippen molar-refractivity contribution in [2.75, 3.05) is 7.11 Å². The molecule has 0 radical (unpaired) electrons. The Bertz CT molecular complexity index is 1030. The van der Waals surface area contributed by atoms with E-state index in [-0.39, 0.29) is 16.9 Å². The van der Waals surface area contributed by atoms with E-state index in [2.05, 4.69) is 9.11 Å². The lowest BCUT2D eigenvalue weighted by Crippen LogP contribution is -2.06. The van der Waals surface area contributed by atoms with E-state index < -0.39 is 23.7 Å².